The Morgan fingerprint density at radius 2 is 2.00 bits per heavy atom. The van der Waals surface area contributed by atoms with Gasteiger partial charge in [-0.15, -0.1) is 0 Å². The van der Waals surface area contributed by atoms with Crippen molar-refractivity contribution >= 4 is 0 Å². The van der Waals surface area contributed by atoms with Gasteiger partial charge in [0.1, 0.15) is 0 Å². The molecule has 0 aromatic carbocycles. The van der Waals surface area contributed by atoms with Crippen molar-refractivity contribution in [3.8, 4) is 0 Å². The lowest BCUT2D eigenvalue weighted by Crippen LogP contribution is -2.38. The Balaban J connectivity index is 2.32. The quantitative estimate of drug-likeness (QED) is 0.791. The number of aromatic amines is 1. The molecule has 4 nitrogen and oxygen atoms in total. The summed E-state index contributed by atoms with van der Waals surface area (Å²) in [6.07, 6.45) is 7.15. The van der Waals surface area contributed by atoms with Gasteiger partial charge in [0.15, 0.2) is 0 Å². The first-order valence-electron chi connectivity index (χ1n) is 5.92. The van der Waals surface area contributed by atoms with E-state index in [-0.39, 0.29) is 5.41 Å². The molecule has 0 bridgehead atoms. The summed E-state index contributed by atoms with van der Waals surface area (Å²) in [5, 5.41) is 11.3. The summed E-state index contributed by atoms with van der Waals surface area (Å²) in [6.45, 7) is 2.82. The molecule has 4 heteroatoms. The highest BCUT2D eigenvalue weighted by Gasteiger charge is 2.36. The highest BCUT2D eigenvalue weighted by atomic mass is 15.3. The van der Waals surface area contributed by atoms with Crippen LogP contribution in [-0.2, 0) is 11.8 Å². The third-order valence-electron chi connectivity index (χ3n) is 3.66. The molecule has 1 aliphatic carbocycles. The normalized spacial score (nSPS) is 20.4. The van der Waals surface area contributed by atoms with Crippen molar-refractivity contribution in [3.05, 3.63) is 11.4 Å². The van der Waals surface area contributed by atoms with Gasteiger partial charge >= 0.3 is 0 Å². The Hall–Kier alpha value is -0.900. The van der Waals surface area contributed by atoms with Crippen LogP contribution in [0, 0.1) is 0 Å². The second-order valence-electron chi connectivity index (χ2n) is 4.52. The van der Waals surface area contributed by atoms with Crippen LogP contribution >= 0.6 is 0 Å². The lowest BCUT2D eigenvalue weighted by molar-refractivity contribution is 0.291. The molecule has 0 saturated heterocycles. The van der Waals surface area contributed by atoms with Crippen molar-refractivity contribution < 1.29 is 0 Å². The minimum atomic E-state index is 0.108. The topological polar surface area (TPSA) is 67.6 Å². The number of H-pyrrole nitrogens is 1. The number of nitrogens with two attached hydrogens (primary N) is 1. The molecule has 15 heavy (non-hydrogen) atoms. The van der Waals surface area contributed by atoms with Gasteiger partial charge in [-0.2, -0.15) is 15.4 Å². The van der Waals surface area contributed by atoms with Crippen molar-refractivity contribution in [1.29, 1.82) is 0 Å². The molecule has 3 N–H and O–H groups in total. The largest absolute Gasteiger partial charge is 0.330 e. The summed E-state index contributed by atoms with van der Waals surface area (Å²) >= 11 is 0. The first-order valence-corrected chi connectivity index (χ1v) is 5.92. The maximum Gasteiger partial charge on any atom is 0.0930 e. The highest BCUT2D eigenvalue weighted by molar-refractivity contribution is 5.22. The van der Waals surface area contributed by atoms with Crippen LogP contribution in [0.2, 0.25) is 0 Å². The first-order chi connectivity index (χ1) is 7.32. The van der Waals surface area contributed by atoms with E-state index in [1.165, 1.54) is 32.1 Å². The van der Waals surface area contributed by atoms with Crippen LogP contribution in [0.5, 0.6) is 0 Å². The Morgan fingerprint density at radius 3 is 2.60 bits per heavy atom. The van der Waals surface area contributed by atoms with Crippen molar-refractivity contribution in [2.75, 3.05) is 6.54 Å². The number of aryl methyl sites for hydroxylation is 1. The average molecular weight is 208 g/mol. The van der Waals surface area contributed by atoms with Gasteiger partial charge in [0.05, 0.1) is 11.4 Å². The molecule has 84 valence electrons. The summed E-state index contributed by atoms with van der Waals surface area (Å²) in [5.41, 5.74) is 8.31. The fourth-order valence-electron chi connectivity index (χ4n) is 2.69. The molecule has 0 atom stereocenters. The van der Waals surface area contributed by atoms with E-state index in [1.54, 1.807) is 0 Å². The van der Waals surface area contributed by atoms with Gasteiger partial charge in [0.2, 0.25) is 0 Å². The number of rotatable bonds is 3. The molecule has 0 spiro atoms. The standard InChI is InChI=1S/C11H20N4/c1-2-9-10(14-15-13-9)11(8-12)6-4-3-5-7-11/h2-8,12H2,1H3,(H,13,14,15). The van der Waals surface area contributed by atoms with Crippen LogP contribution in [0.25, 0.3) is 0 Å². The minimum Gasteiger partial charge on any atom is -0.330 e. The first kappa shape index (κ1) is 10.6. The van der Waals surface area contributed by atoms with Crippen molar-refractivity contribution in [2.24, 2.45) is 5.73 Å². The van der Waals surface area contributed by atoms with E-state index in [2.05, 4.69) is 22.3 Å². The Labute approximate surface area is 90.6 Å². The summed E-state index contributed by atoms with van der Waals surface area (Å²) in [5.74, 6) is 0. The molecule has 1 heterocycles. The van der Waals surface area contributed by atoms with Gasteiger partial charge in [-0.25, -0.2) is 0 Å². The van der Waals surface area contributed by atoms with Gasteiger partial charge in [0.25, 0.3) is 0 Å². The Morgan fingerprint density at radius 1 is 1.27 bits per heavy atom. The van der Waals surface area contributed by atoms with E-state index in [0.717, 1.165) is 17.8 Å². The van der Waals surface area contributed by atoms with Gasteiger partial charge in [-0.05, 0) is 19.3 Å². The number of aromatic nitrogens is 3. The molecule has 1 fully saturated rings. The SMILES string of the molecule is CCc1n[nH]nc1C1(CN)CCCCC1. The number of nitrogens with zero attached hydrogens (tertiary/aromatic N) is 2. The summed E-state index contributed by atoms with van der Waals surface area (Å²) in [7, 11) is 0. The second kappa shape index (κ2) is 4.31. The van der Waals surface area contributed by atoms with E-state index in [4.69, 9.17) is 5.73 Å². The van der Waals surface area contributed by atoms with Crippen LogP contribution in [-0.4, -0.2) is 22.0 Å². The maximum atomic E-state index is 5.97. The molecule has 1 aromatic rings. The van der Waals surface area contributed by atoms with Gasteiger partial charge in [-0.3, -0.25) is 0 Å². The predicted octanol–water partition coefficient (Wildman–Crippen LogP) is 1.53. The maximum absolute atomic E-state index is 5.97. The molecule has 0 radical (unpaired) electrons. The monoisotopic (exact) mass is 208 g/mol. The van der Waals surface area contributed by atoms with E-state index < -0.39 is 0 Å². The molecule has 0 aliphatic heterocycles. The minimum absolute atomic E-state index is 0.108. The van der Waals surface area contributed by atoms with Crippen molar-refractivity contribution in [2.45, 2.75) is 50.9 Å². The number of hydrogen-bond acceptors (Lipinski definition) is 3. The van der Waals surface area contributed by atoms with E-state index in [1.807, 2.05) is 0 Å². The molecule has 1 saturated carbocycles. The summed E-state index contributed by atoms with van der Waals surface area (Å²) in [4.78, 5) is 0. The molecule has 1 aliphatic rings. The lowest BCUT2D eigenvalue weighted by Gasteiger charge is -2.34. The third kappa shape index (κ3) is 1.78. The second-order valence-corrected chi connectivity index (χ2v) is 4.52. The molecule has 0 amide bonds. The fourth-order valence-corrected chi connectivity index (χ4v) is 2.69. The number of hydrogen-bond donors (Lipinski definition) is 2. The van der Waals surface area contributed by atoms with Gasteiger partial charge in [-0.1, -0.05) is 26.2 Å². The van der Waals surface area contributed by atoms with Crippen LogP contribution < -0.4 is 5.73 Å². The van der Waals surface area contributed by atoms with Gasteiger partial charge < -0.3 is 5.73 Å². The molecule has 0 unspecified atom stereocenters. The lowest BCUT2D eigenvalue weighted by atomic mass is 9.71. The molecule has 2 rings (SSSR count). The fraction of sp³-hybridized carbons (Fsp3) is 0.818. The van der Waals surface area contributed by atoms with Crippen LogP contribution in [0.4, 0.5) is 0 Å². The molecular weight excluding hydrogens is 188 g/mol. The van der Waals surface area contributed by atoms with Crippen LogP contribution in [0.15, 0.2) is 0 Å². The van der Waals surface area contributed by atoms with E-state index >= 15 is 0 Å². The zero-order valence-corrected chi connectivity index (χ0v) is 9.42. The Bertz CT molecular complexity index is 312. The molecular formula is C11H20N4. The predicted molar refractivity (Wildman–Crippen MR) is 59.6 cm³/mol. The summed E-state index contributed by atoms with van der Waals surface area (Å²) < 4.78 is 0. The van der Waals surface area contributed by atoms with E-state index in [0.29, 0.717) is 6.54 Å². The molecule has 1 aromatic heterocycles. The van der Waals surface area contributed by atoms with Crippen LogP contribution in [0.1, 0.15) is 50.4 Å². The van der Waals surface area contributed by atoms with Crippen LogP contribution in [0.3, 0.4) is 0 Å². The van der Waals surface area contributed by atoms with Crippen molar-refractivity contribution in [3.63, 3.8) is 0 Å². The van der Waals surface area contributed by atoms with Gasteiger partial charge in [0, 0.05) is 12.0 Å². The zero-order valence-electron chi connectivity index (χ0n) is 9.42. The average Bonchev–Trinajstić information content (AvgIpc) is 2.78. The van der Waals surface area contributed by atoms with Crippen molar-refractivity contribution in [1.82, 2.24) is 15.4 Å². The zero-order chi connectivity index (χ0) is 10.7. The smallest absolute Gasteiger partial charge is 0.0930 e. The van der Waals surface area contributed by atoms with E-state index in [9.17, 15) is 0 Å². The third-order valence-corrected chi connectivity index (χ3v) is 3.66. The Kier molecular flexibility index (Phi) is 3.05. The number of nitrogens with one attached hydrogen (secondary N) is 1. The summed E-state index contributed by atoms with van der Waals surface area (Å²) in [6, 6.07) is 0. The highest BCUT2D eigenvalue weighted by Crippen LogP contribution is 2.38.